The van der Waals surface area contributed by atoms with Gasteiger partial charge in [-0.15, -0.1) is 11.3 Å². The fourth-order valence-corrected chi connectivity index (χ4v) is 2.88. The van der Waals surface area contributed by atoms with Gasteiger partial charge in [0.25, 0.3) is 5.91 Å². The molecule has 1 N–H and O–H groups in total. The molecule has 70 valence electrons. The molecule has 1 aromatic heterocycles. The third-order valence-corrected chi connectivity index (χ3v) is 5.04. The number of hydrogen-bond donors (Lipinski definition) is 1. The van der Waals surface area contributed by atoms with Crippen molar-refractivity contribution in [1.29, 1.82) is 0 Å². The smallest absolute Gasteiger partial charge is 0.261 e. The lowest BCUT2D eigenvalue weighted by Gasteiger charge is -1.98. The van der Waals surface area contributed by atoms with Crippen molar-refractivity contribution in [2.75, 3.05) is 0 Å². The first-order chi connectivity index (χ1) is 6.16. The highest BCUT2D eigenvalue weighted by Gasteiger charge is 2.24. The largest absolute Gasteiger partial charge is 0.349 e. The van der Waals surface area contributed by atoms with Crippen molar-refractivity contribution >= 4 is 49.1 Å². The van der Waals surface area contributed by atoms with Gasteiger partial charge in [-0.25, -0.2) is 0 Å². The Morgan fingerprint density at radius 1 is 1.54 bits per heavy atom. The third-order valence-electron chi connectivity index (χ3n) is 1.78. The molecule has 0 radical (unpaired) electrons. The summed E-state index contributed by atoms with van der Waals surface area (Å²) < 4.78 is 1.91. The molecule has 1 fully saturated rings. The van der Waals surface area contributed by atoms with E-state index in [0.29, 0.717) is 6.04 Å². The molecule has 1 saturated carbocycles. The van der Waals surface area contributed by atoms with E-state index in [1.54, 1.807) is 0 Å². The quantitative estimate of drug-likeness (QED) is 0.889. The van der Waals surface area contributed by atoms with Crippen molar-refractivity contribution in [2.45, 2.75) is 18.9 Å². The van der Waals surface area contributed by atoms with Crippen LogP contribution in [0.4, 0.5) is 0 Å². The van der Waals surface area contributed by atoms with E-state index in [0.717, 1.165) is 26.0 Å². The predicted molar refractivity (Wildman–Crippen MR) is 60.2 cm³/mol. The molecule has 0 unspecified atom stereocenters. The molecule has 0 aromatic carbocycles. The highest BCUT2D eigenvalue weighted by Crippen LogP contribution is 2.32. The van der Waals surface area contributed by atoms with Crippen LogP contribution in [0.25, 0.3) is 0 Å². The van der Waals surface area contributed by atoms with E-state index in [-0.39, 0.29) is 5.91 Å². The van der Waals surface area contributed by atoms with Crippen LogP contribution in [0, 0.1) is 0 Å². The van der Waals surface area contributed by atoms with Crippen LogP contribution in [0.3, 0.4) is 0 Å². The highest BCUT2D eigenvalue weighted by atomic mass is 79.9. The summed E-state index contributed by atoms with van der Waals surface area (Å²) in [4.78, 5) is 12.3. The second-order valence-corrected chi connectivity index (χ2v) is 6.20. The van der Waals surface area contributed by atoms with Crippen LogP contribution in [0.5, 0.6) is 0 Å². The van der Waals surface area contributed by atoms with Gasteiger partial charge in [-0.05, 0) is 50.8 Å². The molecule has 1 aromatic rings. The number of carbonyl (C=O) groups is 1. The number of nitrogens with one attached hydrogen (secondary N) is 1. The lowest BCUT2D eigenvalue weighted by molar-refractivity contribution is 0.0955. The topological polar surface area (TPSA) is 29.1 Å². The lowest BCUT2D eigenvalue weighted by Crippen LogP contribution is -2.24. The zero-order chi connectivity index (χ0) is 9.42. The average molecular weight is 325 g/mol. The Hall–Kier alpha value is 0.130. The second-order valence-electron chi connectivity index (χ2n) is 2.98. The van der Waals surface area contributed by atoms with Gasteiger partial charge >= 0.3 is 0 Å². The second kappa shape index (κ2) is 3.71. The molecule has 1 aliphatic rings. The van der Waals surface area contributed by atoms with Crippen molar-refractivity contribution in [3.8, 4) is 0 Å². The molecule has 0 saturated heterocycles. The fraction of sp³-hybridized carbons (Fsp3) is 0.375. The molecule has 1 amide bonds. The first-order valence-electron chi connectivity index (χ1n) is 3.92. The summed E-state index contributed by atoms with van der Waals surface area (Å²) in [7, 11) is 0. The first-order valence-corrected chi connectivity index (χ1v) is 6.33. The maximum absolute atomic E-state index is 11.5. The molecule has 5 heteroatoms. The Morgan fingerprint density at radius 2 is 2.23 bits per heavy atom. The van der Waals surface area contributed by atoms with E-state index in [4.69, 9.17) is 0 Å². The molecule has 0 atom stereocenters. The minimum Gasteiger partial charge on any atom is -0.349 e. The van der Waals surface area contributed by atoms with Crippen molar-refractivity contribution in [3.63, 3.8) is 0 Å². The van der Waals surface area contributed by atoms with Crippen molar-refractivity contribution in [1.82, 2.24) is 5.32 Å². The number of carbonyl (C=O) groups excluding carboxylic acids is 1. The van der Waals surface area contributed by atoms with Crippen LogP contribution in [0.1, 0.15) is 22.5 Å². The molecule has 1 aliphatic carbocycles. The van der Waals surface area contributed by atoms with Crippen LogP contribution in [-0.4, -0.2) is 11.9 Å². The van der Waals surface area contributed by atoms with Crippen LogP contribution < -0.4 is 5.32 Å². The summed E-state index contributed by atoms with van der Waals surface area (Å²) in [6, 6.07) is 2.26. The third kappa shape index (κ3) is 2.33. The molecule has 2 nitrogen and oxygen atoms in total. The molecular formula is C8H7Br2NOS. The number of halogens is 2. The summed E-state index contributed by atoms with van der Waals surface area (Å²) in [5, 5.41) is 2.94. The van der Waals surface area contributed by atoms with Crippen molar-refractivity contribution in [2.24, 2.45) is 0 Å². The number of hydrogen-bond acceptors (Lipinski definition) is 2. The Balaban J connectivity index is 2.09. The molecule has 0 aliphatic heterocycles. The molecule has 2 rings (SSSR count). The summed E-state index contributed by atoms with van der Waals surface area (Å²) in [5.41, 5.74) is 0. The van der Waals surface area contributed by atoms with Gasteiger partial charge in [0.15, 0.2) is 0 Å². The van der Waals surface area contributed by atoms with Crippen molar-refractivity contribution in [3.05, 3.63) is 19.2 Å². The van der Waals surface area contributed by atoms with E-state index >= 15 is 0 Å². The van der Waals surface area contributed by atoms with Gasteiger partial charge in [-0.3, -0.25) is 4.79 Å². The minimum atomic E-state index is 0.0406. The standard InChI is InChI=1S/C8H7Br2NOS/c9-5-3-6(13-7(5)10)8(12)11-4-1-2-4/h3-4H,1-2H2,(H,11,12). The lowest BCUT2D eigenvalue weighted by atomic mass is 10.4. The molecule has 13 heavy (non-hydrogen) atoms. The fourth-order valence-electron chi connectivity index (χ4n) is 0.943. The van der Waals surface area contributed by atoms with Crippen molar-refractivity contribution < 1.29 is 4.79 Å². The number of thiophene rings is 1. The van der Waals surface area contributed by atoms with E-state index in [1.165, 1.54) is 11.3 Å². The van der Waals surface area contributed by atoms with Gasteiger partial charge in [0.1, 0.15) is 0 Å². The van der Waals surface area contributed by atoms with Crippen LogP contribution >= 0.6 is 43.2 Å². The molecule has 0 bridgehead atoms. The normalized spacial score (nSPS) is 15.8. The van der Waals surface area contributed by atoms with E-state index in [2.05, 4.69) is 37.2 Å². The van der Waals surface area contributed by atoms with Crippen LogP contribution in [0.2, 0.25) is 0 Å². The van der Waals surface area contributed by atoms with Gasteiger partial charge in [0.05, 0.1) is 8.66 Å². The molecular weight excluding hydrogens is 318 g/mol. The van der Waals surface area contributed by atoms with Gasteiger partial charge in [0.2, 0.25) is 0 Å². The highest BCUT2D eigenvalue weighted by molar-refractivity contribution is 9.13. The summed E-state index contributed by atoms with van der Waals surface area (Å²) >= 11 is 8.16. The molecule has 1 heterocycles. The first kappa shape index (κ1) is 9.68. The summed E-state index contributed by atoms with van der Waals surface area (Å²) in [5.74, 6) is 0.0406. The Morgan fingerprint density at radius 3 is 2.69 bits per heavy atom. The Labute approximate surface area is 97.0 Å². The van der Waals surface area contributed by atoms with Gasteiger partial charge in [-0.1, -0.05) is 0 Å². The van der Waals surface area contributed by atoms with Gasteiger partial charge < -0.3 is 5.32 Å². The SMILES string of the molecule is O=C(NC1CC1)c1cc(Br)c(Br)s1. The van der Waals surface area contributed by atoms with Crippen LogP contribution in [-0.2, 0) is 0 Å². The predicted octanol–water partition coefficient (Wildman–Crippen LogP) is 3.17. The van der Waals surface area contributed by atoms with Gasteiger partial charge in [0, 0.05) is 10.5 Å². The molecule has 0 spiro atoms. The van der Waals surface area contributed by atoms with E-state index in [9.17, 15) is 4.79 Å². The Bertz CT molecular complexity index is 326. The van der Waals surface area contributed by atoms with E-state index < -0.39 is 0 Å². The number of amides is 1. The summed E-state index contributed by atoms with van der Waals surface area (Å²) in [6.07, 6.45) is 2.25. The minimum absolute atomic E-state index is 0.0406. The number of rotatable bonds is 2. The zero-order valence-electron chi connectivity index (χ0n) is 6.64. The average Bonchev–Trinajstić information content (AvgIpc) is 2.81. The zero-order valence-corrected chi connectivity index (χ0v) is 10.6. The maximum Gasteiger partial charge on any atom is 0.261 e. The van der Waals surface area contributed by atoms with E-state index in [1.807, 2.05) is 6.07 Å². The van der Waals surface area contributed by atoms with Crippen LogP contribution in [0.15, 0.2) is 14.3 Å². The summed E-state index contributed by atoms with van der Waals surface area (Å²) in [6.45, 7) is 0. The maximum atomic E-state index is 11.5. The Kier molecular flexibility index (Phi) is 2.76. The monoisotopic (exact) mass is 323 g/mol. The van der Waals surface area contributed by atoms with Gasteiger partial charge in [-0.2, -0.15) is 0 Å².